The van der Waals surface area contributed by atoms with Crippen LogP contribution in [0.5, 0.6) is 0 Å². The molecule has 1 atom stereocenters. The van der Waals surface area contributed by atoms with Gasteiger partial charge in [-0.1, -0.05) is 16.8 Å². The topological polar surface area (TPSA) is 59.8 Å². The number of aryl methyl sites for hydroxylation is 1. The summed E-state index contributed by atoms with van der Waals surface area (Å²) in [6, 6.07) is 5.61. The highest BCUT2D eigenvalue weighted by atomic mass is 35.5. The van der Waals surface area contributed by atoms with Crippen molar-refractivity contribution in [2.45, 2.75) is 19.4 Å². The Bertz CT molecular complexity index is 826. The third-order valence-electron chi connectivity index (χ3n) is 3.54. The molecule has 1 N–H and O–H groups in total. The lowest BCUT2D eigenvalue weighted by molar-refractivity contribution is -0.121. The van der Waals surface area contributed by atoms with Crippen LogP contribution in [-0.2, 0) is 18.3 Å². The van der Waals surface area contributed by atoms with Gasteiger partial charge in [0, 0.05) is 16.8 Å². The number of carbonyl (C=O) groups excluding carboxylic acids is 1. The van der Waals surface area contributed by atoms with Crippen molar-refractivity contribution in [2.24, 2.45) is 7.05 Å². The zero-order chi connectivity index (χ0) is 15.7. The zero-order valence-corrected chi connectivity index (χ0v) is 13.8. The summed E-state index contributed by atoms with van der Waals surface area (Å²) < 4.78 is 2.79. The van der Waals surface area contributed by atoms with E-state index in [0.29, 0.717) is 11.4 Å². The van der Waals surface area contributed by atoms with Crippen molar-refractivity contribution in [3.63, 3.8) is 0 Å². The van der Waals surface area contributed by atoms with E-state index in [2.05, 4.69) is 15.6 Å². The van der Waals surface area contributed by atoms with Gasteiger partial charge in [0.05, 0.1) is 24.4 Å². The number of nitrogens with zero attached hydrogens (tertiary/aromatic N) is 3. The Hall–Kier alpha value is -1.92. The van der Waals surface area contributed by atoms with E-state index in [0.717, 1.165) is 21.3 Å². The fraction of sp³-hybridized carbons (Fsp3) is 0.267. The van der Waals surface area contributed by atoms with Gasteiger partial charge in [-0.2, -0.15) is 0 Å². The molecular formula is C15H15ClN4OS. The normalized spacial score (nSPS) is 12.5. The van der Waals surface area contributed by atoms with E-state index in [-0.39, 0.29) is 11.9 Å². The fourth-order valence-corrected chi connectivity index (χ4v) is 3.54. The fourth-order valence-electron chi connectivity index (χ4n) is 2.42. The van der Waals surface area contributed by atoms with Crippen molar-refractivity contribution in [1.29, 1.82) is 0 Å². The minimum Gasteiger partial charge on any atom is -0.348 e. The minimum atomic E-state index is -0.138. The molecule has 0 aliphatic heterocycles. The predicted octanol–water partition coefficient (Wildman–Crippen LogP) is 3.10. The average Bonchev–Trinajstić information content (AvgIpc) is 3.05. The van der Waals surface area contributed by atoms with Crippen molar-refractivity contribution in [1.82, 2.24) is 20.3 Å². The van der Waals surface area contributed by atoms with E-state index in [4.69, 9.17) is 11.6 Å². The Morgan fingerprint density at radius 1 is 1.50 bits per heavy atom. The summed E-state index contributed by atoms with van der Waals surface area (Å²) in [6.45, 7) is 1.92. The quantitative estimate of drug-likeness (QED) is 0.797. The lowest BCUT2D eigenvalue weighted by Gasteiger charge is -2.13. The summed E-state index contributed by atoms with van der Waals surface area (Å²) in [4.78, 5) is 12.3. The van der Waals surface area contributed by atoms with E-state index in [1.807, 2.05) is 30.5 Å². The predicted molar refractivity (Wildman–Crippen MR) is 88.1 cm³/mol. The SMILES string of the molecule is C[C@@H](NC(=O)Cc1csc2ccc(Cl)cc12)c1cnnn1C. The van der Waals surface area contributed by atoms with E-state index < -0.39 is 0 Å². The average molecular weight is 335 g/mol. The van der Waals surface area contributed by atoms with Gasteiger partial charge in [0.1, 0.15) is 0 Å². The van der Waals surface area contributed by atoms with Crippen LogP contribution in [-0.4, -0.2) is 20.9 Å². The Morgan fingerprint density at radius 2 is 2.32 bits per heavy atom. The first-order chi connectivity index (χ1) is 10.5. The van der Waals surface area contributed by atoms with Crippen LogP contribution in [0.15, 0.2) is 29.8 Å². The van der Waals surface area contributed by atoms with E-state index in [1.165, 1.54) is 0 Å². The molecule has 0 spiro atoms. The van der Waals surface area contributed by atoms with Crippen LogP contribution in [0.3, 0.4) is 0 Å². The van der Waals surface area contributed by atoms with Gasteiger partial charge in [-0.25, -0.2) is 0 Å². The number of amides is 1. The van der Waals surface area contributed by atoms with Crippen LogP contribution in [0.1, 0.15) is 24.2 Å². The minimum absolute atomic E-state index is 0.0339. The number of fused-ring (bicyclic) bond motifs is 1. The van der Waals surface area contributed by atoms with Crippen molar-refractivity contribution < 1.29 is 4.79 Å². The second-order valence-corrected chi connectivity index (χ2v) is 6.50. The van der Waals surface area contributed by atoms with Crippen molar-refractivity contribution in [3.8, 4) is 0 Å². The smallest absolute Gasteiger partial charge is 0.224 e. The number of hydrogen-bond donors (Lipinski definition) is 1. The standard InChI is InChI=1S/C15H15ClN4OS/c1-9(13-7-17-19-20(13)2)18-15(21)5-10-8-22-14-4-3-11(16)6-12(10)14/h3-4,6-9H,5H2,1-2H3,(H,18,21)/t9-/m1/s1. The Kier molecular flexibility index (Phi) is 4.13. The Morgan fingerprint density at radius 3 is 3.05 bits per heavy atom. The van der Waals surface area contributed by atoms with Crippen LogP contribution < -0.4 is 5.32 Å². The molecule has 0 fully saturated rings. The molecule has 1 amide bonds. The molecule has 3 rings (SSSR count). The van der Waals surface area contributed by atoms with Gasteiger partial charge in [-0.3, -0.25) is 9.48 Å². The van der Waals surface area contributed by atoms with Gasteiger partial charge in [-0.05, 0) is 41.5 Å². The molecule has 2 aromatic heterocycles. The third-order valence-corrected chi connectivity index (χ3v) is 4.78. The number of rotatable bonds is 4. The lowest BCUT2D eigenvalue weighted by Crippen LogP contribution is -2.29. The van der Waals surface area contributed by atoms with Gasteiger partial charge < -0.3 is 5.32 Å². The summed E-state index contributed by atoms with van der Waals surface area (Å²) in [6.07, 6.45) is 1.99. The van der Waals surface area contributed by atoms with Crippen LogP contribution in [0.4, 0.5) is 0 Å². The maximum Gasteiger partial charge on any atom is 0.224 e. The highest BCUT2D eigenvalue weighted by Gasteiger charge is 2.15. The van der Waals surface area contributed by atoms with Gasteiger partial charge in [0.15, 0.2) is 0 Å². The number of thiophene rings is 1. The molecule has 0 aliphatic carbocycles. The number of benzene rings is 1. The van der Waals surface area contributed by atoms with Crippen molar-refractivity contribution in [3.05, 3.63) is 46.1 Å². The first-order valence-corrected chi connectivity index (χ1v) is 8.10. The second-order valence-electron chi connectivity index (χ2n) is 5.15. The van der Waals surface area contributed by atoms with Crippen LogP contribution in [0, 0.1) is 0 Å². The van der Waals surface area contributed by atoms with E-state index >= 15 is 0 Å². The number of nitrogens with one attached hydrogen (secondary N) is 1. The molecule has 3 aromatic rings. The number of hydrogen-bond acceptors (Lipinski definition) is 4. The van der Waals surface area contributed by atoms with Crippen LogP contribution in [0.25, 0.3) is 10.1 Å². The maximum absolute atomic E-state index is 12.3. The molecular weight excluding hydrogens is 320 g/mol. The molecule has 0 aliphatic rings. The van der Waals surface area contributed by atoms with Gasteiger partial charge >= 0.3 is 0 Å². The number of halogens is 1. The summed E-state index contributed by atoms with van der Waals surface area (Å²) in [5.74, 6) is -0.0339. The molecule has 1 aromatic carbocycles. The van der Waals surface area contributed by atoms with Gasteiger partial charge in [0.2, 0.25) is 5.91 Å². The summed E-state index contributed by atoms with van der Waals surface area (Å²) >= 11 is 7.66. The summed E-state index contributed by atoms with van der Waals surface area (Å²) in [5.41, 5.74) is 1.86. The Balaban J connectivity index is 1.73. The molecule has 114 valence electrons. The third kappa shape index (κ3) is 2.98. The lowest BCUT2D eigenvalue weighted by atomic mass is 10.1. The molecule has 5 nitrogen and oxygen atoms in total. The Labute approximate surface area is 136 Å². The zero-order valence-electron chi connectivity index (χ0n) is 12.2. The van der Waals surface area contributed by atoms with Crippen molar-refractivity contribution in [2.75, 3.05) is 0 Å². The molecule has 0 unspecified atom stereocenters. The molecule has 7 heteroatoms. The van der Waals surface area contributed by atoms with E-state index in [1.54, 1.807) is 29.3 Å². The van der Waals surface area contributed by atoms with Crippen molar-refractivity contribution >= 4 is 38.9 Å². The number of aromatic nitrogens is 3. The second kappa shape index (κ2) is 6.06. The summed E-state index contributed by atoms with van der Waals surface area (Å²) in [7, 11) is 1.80. The molecule has 0 radical (unpaired) electrons. The number of carbonyl (C=O) groups is 1. The first-order valence-electron chi connectivity index (χ1n) is 6.84. The summed E-state index contributed by atoms with van der Waals surface area (Å²) in [5, 5.41) is 14.4. The van der Waals surface area contributed by atoms with Gasteiger partial charge in [0.25, 0.3) is 0 Å². The molecule has 0 saturated carbocycles. The molecule has 0 bridgehead atoms. The van der Waals surface area contributed by atoms with Gasteiger partial charge in [-0.15, -0.1) is 16.4 Å². The van der Waals surface area contributed by atoms with Crippen LogP contribution >= 0.6 is 22.9 Å². The van der Waals surface area contributed by atoms with E-state index in [9.17, 15) is 4.79 Å². The largest absolute Gasteiger partial charge is 0.348 e. The highest BCUT2D eigenvalue weighted by Crippen LogP contribution is 2.29. The molecule has 2 heterocycles. The van der Waals surface area contributed by atoms with Crippen LogP contribution in [0.2, 0.25) is 5.02 Å². The molecule has 0 saturated heterocycles. The highest BCUT2D eigenvalue weighted by molar-refractivity contribution is 7.17. The first kappa shape index (κ1) is 15.0. The molecule has 22 heavy (non-hydrogen) atoms. The maximum atomic E-state index is 12.3. The monoisotopic (exact) mass is 334 g/mol.